The SMILES string of the molecule is CC(c1ccccc1)C(S)C(=O)Nc1nc(C(=O)O)cs1. The summed E-state index contributed by atoms with van der Waals surface area (Å²) < 4.78 is 0. The van der Waals surface area contributed by atoms with Crippen LogP contribution in [0.2, 0.25) is 0 Å². The molecular weight excluding hydrogens is 308 g/mol. The maximum absolute atomic E-state index is 12.1. The van der Waals surface area contributed by atoms with E-state index in [2.05, 4.69) is 22.9 Å². The topological polar surface area (TPSA) is 79.3 Å². The molecule has 0 bridgehead atoms. The lowest BCUT2D eigenvalue weighted by Gasteiger charge is -2.18. The van der Waals surface area contributed by atoms with Crippen LogP contribution in [0.4, 0.5) is 5.13 Å². The number of thiol groups is 1. The molecule has 0 saturated heterocycles. The number of amides is 1. The van der Waals surface area contributed by atoms with E-state index in [1.807, 2.05) is 37.3 Å². The zero-order valence-corrected chi connectivity index (χ0v) is 12.9. The average Bonchev–Trinajstić information content (AvgIpc) is 2.95. The Hall–Kier alpha value is -1.86. The molecule has 21 heavy (non-hydrogen) atoms. The van der Waals surface area contributed by atoms with Gasteiger partial charge in [0.15, 0.2) is 10.8 Å². The highest BCUT2D eigenvalue weighted by Crippen LogP contribution is 2.24. The number of anilines is 1. The molecule has 110 valence electrons. The lowest BCUT2D eigenvalue weighted by Crippen LogP contribution is -2.27. The van der Waals surface area contributed by atoms with Crippen molar-refractivity contribution >= 4 is 41.0 Å². The Balaban J connectivity index is 2.03. The molecule has 0 aliphatic heterocycles. The summed E-state index contributed by atoms with van der Waals surface area (Å²) in [5, 5.41) is 12.5. The summed E-state index contributed by atoms with van der Waals surface area (Å²) in [4.78, 5) is 26.7. The second-order valence-electron chi connectivity index (χ2n) is 4.48. The van der Waals surface area contributed by atoms with Crippen LogP contribution in [0, 0.1) is 0 Å². The molecule has 1 amide bonds. The maximum Gasteiger partial charge on any atom is 0.355 e. The number of carboxylic acids is 1. The van der Waals surface area contributed by atoms with E-state index in [4.69, 9.17) is 5.11 Å². The van der Waals surface area contributed by atoms with Crippen molar-refractivity contribution in [2.45, 2.75) is 18.1 Å². The second-order valence-corrected chi connectivity index (χ2v) is 5.89. The van der Waals surface area contributed by atoms with Crippen LogP contribution >= 0.6 is 24.0 Å². The first-order chi connectivity index (χ1) is 9.99. The number of aromatic nitrogens is 1. The Morgan fingerprint density at radius 3 is 2.57 bits per heavy atom. The van der Waals surface area contributed by atoms with Gasteiger partial charge in [0.05, 0.1) is 5.25 Å². The summed E-state index contributed by atoms with van der Waals surface area (Å²) in [5.41, 5.74) is 0.931. The summed E-state index contributed by atoms with van der Waals surface area (Å²) >= 11 is 5.43. The summed E-state index contributed by atoms with van der Waals surface area (Å²) in [6, 6.07) is 9.60. The van der Waals surface area contributed by atoms with Gasteiger partial charge >= 0.3 is 5.97 Å². The third-order valence-corrected chi connectivity index (χ3v) is 4.46. The third kappa shape index (κ3) is 3.83. The number of hydrogen-bond donors (Lipinski definition) is 3. The molecule has 0 aliphatic rings. The predicted molar refractivity (Wildman–Crippen MR) is 85.3 cm³/mol. The molecular formula is C14H14N2O3S2. The molecule has 0 spiro atoms. The van der Waals surface area contributed by atoms with Crippen molar-refractivity contribution in [3.63, 3.8) is 0 Å². The normalized spacial score (nSPS) is 13.4. The van der Waals surface area contributed by atoms with Crippen molar-refractivity contribution in [3.8, 4) is 0 Å². The van der Waals surface area contributed by atoms with Gasteiger partial charge in [0.25, 0.3) is 0 Å². The summed E-state index contributed by atoms with van der Waals surface area (Å²) in [6.45, 7) is 1.91. The number of carbonyl (C=O) groups is 2. The van der Waals surface area contributed by atoms with Crippen LogP contribution in [0.3, 0.4) is 0 Å². The fourth-order valence-electron chi connectivity index (χ4n) is 1.77. The highest BCUT2D eigenvalue weighted by Gasteiger charge is 2.23. The van der Waals surface area contributed by atoms with Gasteiger partial charge in [-0.15, -0.1) is 11.3 Å². The molecule has 1 heterocycles. The third-order valence-electron chi connectivity index (χ3n) is 3.02. The van der Waals surface area contributed by atoms with E-state index in [9.17, 15) is 9.59 Å². The van der Waals surface area contributed by atoms with Crippen LogP contribution < -0.4 is 5.32 Å². The maximum atomic E-state index is 12.1. The first-order valence-corrected chi connectivity index (χ1v) is 7.61. The molecule has 1 aromatic heterocycles. The number of nitrogens with one attached hydrogen (secondary N) is 1. The minimum Gasteiger partial charge on any atom is -0.476 e. The molecule has 2 aromatic rings. The molecule has 2 unspecified atom stereocenters. The first kappa shape index (κ1) is 15.5. The lowest BCUT2D eigenvalue weighted by atomic mass is 9.97. The Labute approximate surface area is 131 Å². The molecule has 0 fully saturated rings. The van der Waals surface area contributed by atoms with Gasteiger partial charge in [-0.25, -0.2) is 9.78 Å². The van der Waals surface area contributed by atoms with Gasteiger partial charge in [-0.05, 0) is 5.56 Å². The first-order valence-electron chi connectivity index (χ1n) is 6.21. The van der Waals surface area contributed by atoms with Gasteiger partial charge in [0, 0.05) is 11.3 Å². The quantitative estimate of drug-likeness (QED) is 0.740. The Morgan fingerprint density at radius 1 is 1.33 bits per heavy atom. The van der Waals surface area contributed by atoms with Crippen LogP contribution in [-0.4, -0.2) is 27.2 Å². The number of thiazole rings is 1. The summed E-state index contributed by atoms with van der Waals surface area (Å²) in [5.74, 6) is -1.50. The molecule has 1 aromatic carbocycles. The van der Waals surface area contributed by atoms with Gasteiger partial charge in [-0.1, -0.05) is 37.3 Å². The smallest absolute Gasteiger partial charge is 0.355 e. The van der Waals surface area contributed by atoms with Crippen molar-refractivity contribution in [2.75, 3.05) is 5.32 Å². The molecule has 2 atom stereocenters. The van der Waals surface area contributed by atoms with Gasteiger partial charge in [0.1, 0.15) is 0 Å². The average molecular weight is 322 g/mol. The largest absolute Gasteiger partial charge is 0.476 e. The van der Waals surface area contributed by atoms with E-state index >= 15 is 0 Å². The fourth-order valence-corrected chi connectivity index (χ4v) is 2.70. The molecule has 2 N–H and O–H groups in total. The number of carboxylic acid groups (broad SMARTS) is 1. The summed E-state index contributed by atoms with van der Waals surface area (Å²) in [6.07, 6.45) is 0. The number of aromatic carboxylic acids is 1. The zero-order valence-electron chi connectivity index (χ0n) is 11.2. The van der Waals surface area contributed by atoms with Crippen LogP contribution in [0.15, 0.2) is 35.7 Å². The second kappa shape index (κ2) is 6.73. The van der Waals surface area contributed by atoms with E-state index in [0.29, 0.717) is 0 Å². The minimum atomic E-state index is -1.12. The van der Waals surface area contributed by atoms with Crippen LogP contribution in [0.1, 0.15) is 28.9 Å². The van der Waals surface area contributed by atoms with E-state index < -0.39 is 11.2 Å². The molecule has 0 radical (unpaired) electrons. The molecule has 5 nitrogen and oxygen atoms in total. The van der Waals surface area contributed by atoms with Gasteiger partial charge in [-0.3, -0.25) is 4.79 Å². The van der Waals surface area contributed by atoms with Crippen LogP contribution in [-0.2, 0) is 4.79 Å². The predicted octanol–water partition coefficient (Wildman–Crippen LogP) is 2.88. The number of benzene rings is 1. The number of nitrogens with zero attached hydrogens (tertiary/aromatic N) is 1. The monoisotopic (exact) mass is 322 g/mol. The number of rotatable bonds is 5. The van der Waals surface area contributed by atoms with Gasteiger partial charge < -0.3 is 10.4 Å². The standard InChI is InChI=1S/C14H14N2O3S2/c1-8(9-5-3-2-4-6-9)11(20)12(17)16-14-15-10(7-21-14)13(18)19/h2-8,11,20H,1H3,(H,18,19)(H,15,16,17). The van der Waals surface area contributed by atoms with Crippen LogP contribution in [0.5, 0.6) is 0 Å². The van der Waals surface area contributed by atoms with Crippen molar-refractivity contribution in [2.24, 2.45) is 0 Å². The van der Waals surface area contributed by atoms with Crippen molar-refractivity contribution in [3.05, 3.63) is 47.0 Å². The van der Waals surface area contributed by atoms with Gasteiger partial charge in [0.2, 0.25) is 5.91 Å². The number of hydrogen-bond acceptors (Lipinski definition) is 5. The van der Waals surface area contributed by atoms with E-state index in [1.54, 1.807) is 0 Å². The van der Waals surface area contributed by atoms with Crippen molar-refractivity contribution < 1.29 is 14.7 Å². The van der Waals surface area contributed by atoms with E-state index in [-0.39, 0.29) is 22.7 Å². The Kier molecular flexibility index (Phi) is 4.98. The zero-order chi connectivity index (χ0) is 15.4. The van der Waals surface area contributed by atoms with Gasteiger partial charge in [-0.2, -0.15) is 12.6 Å². The highest BCUT2D eigenvalue weighted by molar-refractivity contribution is 7.81. The molecule has 0 saturated carbocycles. The minimum absolute atomic E-state index is 0.0755. The highest BCUT2D eigenvalue weighted by atomic mass is 32.1. The molecule has 0 aliphatic carbocycles. The van der Waals surface area contributed by atoms with E-state index in [1.165, 1.54) is 5.38 Å². The van der Waals surface area contributed by atoms with Crippen molar-refractivity contribution in [1.29, 1.82) is 0 Å². The summed E-state index contributed by atoms with van der Waals surface area (Å²) in [7, 11) is 0. The fraction of sp³-hybridized carbons (Fsp3) is 0.214. The lowest BCUT2D eigenvalue weighted by molar-refractivity contribution is -0.116. The van der Waals surface area contributed by atoms with Crippen molar-refractivity contribution in [1.82, 2.24) is 4.98 Å². The molecule has 7 heteroatoms. The van der Waals surface area contributed by atoms with E-state index in [0.717, 1.165) is 16.9 Å². The Morgan fingerprint density at radius 2 is 2.00 bits per heavy atom. The van der Waals surface area contributed by atoms with Crippen LogP contribution in [0.25, 0.3) is 0 Å². The Bertz CT molecular complexity index is 643. The number of carbonyl (C=O) groups excluding carboxylic acids is 1. The molecule has 2 rings (SSSR count).